The number of urea groups is 1. The summed E-state index contributed by atoms with van der Waals surface area (Å²) in [5, 5.41) is 5.68. The third kappa shape index (κ3) is 6.66. The lowest BCUT2D eigenvalue weighted by Gasteiger charge is -2.35. The number of hydrogen-bond donors (Lipinski definition) is 2. The molecule has 2 N–H and O–H groups in total. The SMILES string of the molecule is COc1ccc(CCNC(=O)Nc2cc(N3CCN(Cc4ccccc4)CC3)ncn2)cc1. The largest absolute Gasteiger partial charge is 0.497 e. The summed E-state index contributed by atoms with van der Waals surface area (Å²) in [7, 11) is 1.64. The Kier molecular flexibility index (Phi) is 7.71. The molecule has 172 valence electrons. The van der Waals surface area contributed by atoms with Gasteiger partial charge in [0.2, 0.25) is 0 Å². The molecule has 0 aliphatic carbocycles. The van der Waals surface area contributed by atoms with Crippen LogP contribution in [0, 0.1) is 0 Å². The topological polar surface area (TPSA) is 82.6 Å². The highest BCUT2D eigenvalue weighted by Gasteiger charge is 2.18. The fourth-order valence-corrected chi connectivity index (χ4v) is 3.84. The van der Waals surface area contributed by atoms with Crippen LogP contribution in [0.25, 0.3) is 0 Å². The van der Waals surface area contributed by atoms with E-state index in [4.69, 9.17) is 4.74 Å². The molecule has 8 nitrogen and oxygen atoms in total. The molecule has 8 heteroatoms. The van der Waals surface area contributed by atoms with Crippen LogP contribution >= 0.6 is 0 Å². The molecule has 1 saturated heterocycles. The van der Waals surface area contributed by atoms with Crippen molar-refractivity contribution in [3.8, 4) is 5.75 Å². The van der Waals surface area contributed by atoms with Crippen molar-refractivity contribution in [2.75, 3.05) is 50.1 Å². The van der Waals surface area contributed by atoms with Gasteiger partial charge in [0, 0.05) is 45.3 Å². The minimum absolute atomic E-state index is 0.277. The fraction of sp³-hybridized carbons (Fsp3) is 0.320. The number of anilines is 2. The number of carbonyl (C=O) groups is 1. The van der Waals surface area contributed by atoms with Gasteiger partial charge in [0.05, 0.1) is 7.11 Å². The third-order valence-electron chi connectivity index (χ3n) is 5.70. The maximum absolute atomic E-state index is 12.3. The van der Waals surface area contributed by atoms with Gasteiger partial charge in [-0.25, -0.2) is 14.8 Å². The first-order valence-electron chi connectivity index (χ1n) is 11.2. The minimum atomic E-state index is -0.277. The van der Waals surface area contributed by atoms with E-state index in [0.717, 1.165) is 56.3 Å². The van der Waals surface area contributed by atoms with Crippen LogP contribution in [0.4, 0.5) is 16.4 Å². The molecule has 2 amide bonds. The number of benzene rings is 2. The molecule has 1 fully saturated rings. The highest BCUT2D eigenvalue weighted by molar-refractivity contribution is 5.88. The minimum Gasteiger partial charge on any atom is -0.497 e. The Morgan fingerprint density at radius 1 is 0.970 bits per heavy atom. The number of piperazine rings is 1. The van der Waals surface area contributed by atoms with Crippen molar-refractivity contribution in [3.63, 3.8) is 0 Å². The number of methoxy groups -OCH3 is 1. The van der Waals surface area contributed by atoms with E-state index in [9.17, 15) is 4.79 Å². The van der Waals surface area contributed by atoms with Crippen LogP contribution in [0.2, 0.25) is 0 Å². The summed E-state index contributed by atoms with van der Waals surface area (Å²) in [5.74, 6) is 2.15. The van der Waals surface area contributed by atoms with E-state index in [0.29, 0.717) is 12.4 Å². The number of nitrogens with one attached hydrogen (secondary N) is 2. The molecule has 0 radical (unpaired) electrons. The van der Waals surface area contributed by atoms with Crippen LogP contribution in [-0.2, 0) is 13.0 Å². The fourth-order valence-electron chi connectivity index (χ4n) is 3.84. The lowest BCUT2D eigenvalue weighted by atomic mass is 10.1. The second-order valence-electron chi connectivity index (χ2n) is 7.99. The predicted molar refractivity (Wildman–Crippen MR) is 130 cm³/mol. The highest BCUT2D eigenvalue weighted by Crippen LogP contribution is 2.17. The molecule has 0 saturated carbocycles. The molecule has 1 aromatic heterocycles. The molecule has 0 spiro atoms. The van der Waals surface area contributed by atoms with Gasteiger partial charge in [0.25, 0.3) is 0 Å². The molecule has 3 aromatic rings. The number of hydrogen-bond acceptors (Lipinski definition) is 6. The van der Waals surface area contributed by atoms with Crippen LogP contribution in [0.15, 0.2) is 67.0 Å². The molecule has 1 aliphatic heterocycles. The van der Waals surface area contributed by atoms with Crippen molar-refractivity contribution >= 4 is 17.7 Å². The summed E-state index contributed by atoms with van der Waals surface area (Å²) in [6, 6.07) is 19.9. The first-order valence-corrected chi connectivity index (χ1v) is 11.2. The standard InChI is InChI=1S/C25H30N6O2/c1-33-22-9-7-20(8-10-22)11-12-26-25(32)29-23-17-24(28-19-27-23)31-15-13-30(14-16-31)18-21-5-3-2-4-6-21/h2-10,17,19H,11-16,18H2,1H3,(H2,26,27,28,29,32). The van der Waals surface area contributed by atoms with E-state index in [2.05, 4.69) is 54.7 Å². The Morgan fingerprint density at radius 2 is 1.73 bits per heavy atom. The molecule has 2 aromatic carbocycles. The van der Waals surface area contributed by atoms with Crippen molar-refractivity contribution < 1.29 is 9.53 Å². The van der Waals surface area contributed by atoms with E-state index in [1.54, 1.807) is 7.11 Å². The second-order valence-corrected chi connectivity index (χ2v) is 7.99. The molecular weight excluding hydrogens is 416 g/mol. The summed E-state index contributed by atoms with van der Waals surface area (Å²) in [6.07, 6.45) is 2.23. The quantitative estimate of drug-likeness (QED) is 0.553. The number of nitrogens with zero attached hydrogens (tertiary/aromatic N) is 4. The molecule has 0 atom stereocenters. The molecule has 0 unspecified atom stereocenters. The van der Waals surface area contributed by atoms with E-state index >= 15 is 0 Å². The third-order valence-corrected chi connectivity index (χ3v) is 5.70. The van der Waals surface area contributed by atoms with Crippen molar-refractivity contribution in [2.45, 2.75) is 13.0 Å². The normalized spacial score (nSPS) is 14.0. The first-order chi connectivity index (χ1) is 16.2. The van der Waals surface area contributed by atoms with Gasteiger partial charge in [0.1, 0.15) is 23.7 Å². The molecule has 0 bridgehead atoms. The zero-order valence-corrected chi connectivity index (χ0v) is 18.9. The van der Waals surface area contributed by atoms with Gasteiger partial charge in [-0.1, -0.05) is 42.5 Å². The Hall–Kier alpha value is -3.65. The van der Waals surface area contributed by atoms with Crippen LogP contribution < -0.4 is 20.3 Å². The first kappa shape index (κ1) is 22.5. The van der Waals surface area contributed by atoms with Gasteiger partial charge < -0.3 is 15.0 Å². The smallest absolute Gasteiger partial charge is 0.320 e. The number of aromatic nitrogens is 2. The number of carbonyl (C=O) groups excluding carboxylic acids is 1. The molecule has 2 heterocycles. The molecular formula is C25H30N6O2. The van der Waals surface area contributed by atoms with Gasteiger partial charge in [-0.3, -0.25) is 10.2 Å². The lowest BCUT2D eigenvalue weighted by molar-refractivity contribution is 0.249. The Labute approximate surface area is 194 Å². The lowest BCUT2D eigenvalue weighted by Crippen LogP contribution is -2.46. The second kappa shape index (κ2) is 11.3. The summed E-state index contributed by atoms with van der Waals surface area (Å²) in [4.78, 5) is 25.6. The van der Waals surface area contributed by atoms with E-state index in [1.165, 1.54) is 11.9 Å². The van der Waals surface area contributed by atoms with E-state index in [-0.39, 0.29) is 6.03 Å². The van der Waals surface area contributed by atoms with Crippen molar-refractivity contribution in [1.82, 2.24) is 20.2 Å². The molecule has 4 rings (SSSR count). The van der Waals surface area contributed by atoms with Gasteiger partial charge >= 0.3 is 6.03 Å². The number of amides is 2. The van der Waals surface area contributed by atoms with Crippen molar-refractivity contribution in [2.24, 2.45) is 0 Å². The Morgan fingerprint density at radius 3 is 2.45 bits per heavy atom. The zero-order valence-electron chi connectivity index (χ0n) is 18.9. The predicted octanol–water partition coefficient (Wildman–Crippen LogP) is 3.17. The Balaban J connectivity index is 1.22. The van der Waals surface area contributed by atoms with Gasteiger partial charge in [-0.15, -0.1) is 0 Å². The summed E-state index contributed by atoms with van der Waals surface area (Å²) in [5.41, 5.74) is 2.46. The summed E-state index contributed by atoms with van der Waals surface area (Å²) in [6.45, 7) is 5.19. The van der Waals surface area contributed by atoms with Crippen LogP contribution in [0.3, 0.4) is 0 Å². The highest BCUT2D eigenvalue weighted by atomic mass is 16.5. The number of ether oxygens (including phenoxy) is 1. The van der Waals surface area contributed by atoms with Crippen molar-refractivity contribution in [1.29, 1.82) is 0 Å². The average Bonchev–Trinajstić information content (AvgIpc) is 2.86. The zero-order chi connectivity index (χ0) is 22.9. The average molecular weight is 447 g/mol. The van der Waals surface area contributed by atoms with Crippen molar-refractivity contribution in [3.05, 3.63) is 78.1 Å². The Bertz CT molecular complexity index is 1020. The molecule has 1 aliphatic rings. The van der Waals surface area contributed by atoms with Gasteiger partial charge in [-0.2, -0.15) is 0 Å². The van der Waals surface area contributed by atoms with E-state index in [1.807, 2.05) is 36.4 Å². The monoisotopic (exact) mass is 446 g/mol. The van der Waals surface area contributed by atoms with E-state index < -0.39 is 0 Å². The summed E-state index contributed by atoms with van der Waals surface area (Å²) < 4.78 is 5.16. The maximum atomic E-state index is 12.3. The summed E-state index contributed by atoms with van der Waals surface area (Å²) >= 11 is 0. The van der Waals surface area contributed by atoms with Gasteiger partial charge in [0.15, 0.2) is 0 Å². The van der Waals surface area contributed by atoms with Gasteiger partial charge in [-0.05, 0) is 29.7 Å². The van der Waals surface area contributed by atoms with Crippen LogP contribution in [0.5, 0.6) is 5.75 Å². The maximum Gasteiger partial charge on any atom is 0.320 e. The van der Waals surface area contributed by atoms with Crippen LogP contribution in [-0.4, -0.2) is 60.7 Å². The molecule has 33 heavy (non-hydrogen) atoms. The van der Waals surface area contributed by atoms with Crippen LogP contribution in [0.1, 0.15) is 11.1 Å². The number of rotatable bonds is 8.